The van der Waals surface area contributed by atoms with E-state index >= 15 is 0 Å². The molecule has 144 valence electrons. The van der Waals surface area contributed by atoms with Crippen molar-refractivity contribution >= 4 is 5.91 Å². The molecule has 0 bridgehead atoms. The van der Waals surface area contributed by atoms with Gasteiger partial charge in [-0.25, -0.2) is 0 Å². The molecule has 1 aliphatic carbocycles. The van der Waals surface area contributed by atoms with Gasteiger partial charge in [-0.15, -0.1) is 0 Å². The molecule has 1 aromatic carbocycles. The molecule has 0 radical (unpaired) electrons. The molecule has 4 rings (SSSR count). The summed E-state index contributed by atoms with van der Waals surface area (Å²) in [4.78, 5) is 16.7. The summed E-state index contributed by atoms with van der Waals surface area (Å²) in [6.07, 6.45) is 9.49. The third-order valence-electron chi connectivity index (χ3n) is 6.01. The first-order chi connectivity index (χ1) is 13.6. The minimum atomic E-state index is -0.427. The number of rotatable bonds is 5. The number of nitrogens with zero attached hydrogens (tertiary/aromatic N) is 3. The first-order valence-corrected chi connectivity index (χ1v) is 9.94. The Labute approximate surface area is 165 Å². The van der Waals surface area contributed by atoms with E-state index in [-0.39, 0.29) is 5.41 Å². The van der Waals surface area contributed by atoms with Crippen LogP contribution < -0.4 is 5.73 Å². The Morgan fingerprint density at radius 3 is 2.50 bits per heavy atom. The van der Waals surface area contributed by atoms with E-state index in [0.717, 1.165) is 29.7 Å². The fourth-order valence-corrected chi connectivity index (χ4v) is 4.58. The first kappa shape index (κ1) is 18.4. The number of aromatic nitrogens is 3. The molecule has 0 saturated heterocycles. The molecule has 0 atom stereocenters. The zero-order valence-corrected chi connectivity index (χ0v) is 16.3. The second kappa shape index (κ2) is 7.58. The van der Waals surface area contributed by atoms with Crippen molar-refractivity contribution in [2.75, 3.05) is 0 Å². The summed E-state index contributed by atoms with van der Waals surface area (Å²) in [5.74, 6) is -0.427. The quantitative estimate of drug-likeness (QED) is 0.725. The van der Waals surface area contributed by atoms with Gasteiger partial charge in [0.2, 0.25) is 0 Å². The third kappa shape index (κ3) is 3.33. The van der Waals surface area contributed by atoms with Crippen LogP contribution >= 0.6 is 0 Å². The van der Waals surface area contributed by atoms with Crippen molar-refractivity contribution in [1.82, 2.24) is 14.8 Å². The fourth-order valence-electron chi connectivity index (χ4n) is 4.58. The lowest BCUT2D eigenvalue weighted by Gasteiger charge is -2.37. The van der Waals surface area contributed by atoms with Crippen LogP contribution in [-0.2, 0) is 12.0 Å². The van der Waals surface area contributed by atoms with E-state index in [9.17, 15) is 4.79 Å². The number of benzene rings is 1. The largest absolute Gasteiger partial charge is 0.364 e. The summed E-state index contributed by atoms with van der Waals surface area (Å²) < 4.78 is 1.85. The molecule has 28 heavy (non-hydrogen) atoms. The lowest BCUT2D eigenvalue weighted by Crippen LogP contribution is -2.36. The van der Waals surface area contributed by atoms with Gasteiger partial charge < -0.3 is 5.73 Å². The topological polar surface area (TPSA) is 73.8 Å². The monoisotopic (exact) mass is 374 g/mol. The van der Waals surface area contributed by atoms with Crippen LogP contribution in [-0.4, -0.2) is 20.7 Å². The van der Waals surface area contributed by atoms with Crippen LogP contribution in [0.4, 0.5) is 0 Å². The molecule has 2 heterocycles. The molecule has 0 unspecified atom stereocenters. The molecule has 3 aromatic rings. The molecule has 1 aliphatic rings. The summed E-state index contributed by atoms with van der Waals surface area (Å²) >= 11 is 0. The van der Waals surface area contributed by atoms with Gasteiger partial charge >= 0.3 is 0 Å². The van der Waals surface area contributed by atoms with Crippen molar-refractivity contribution in [2.24, 2.45) is 5.73 Å². The number of pyridine rings is 1. The average Bonchev–Trinajstić information content (AvgIpc) is 3.06. The van der Waals surface area contributed by atoms with E-state index in [4.69, 9.17) is 10.8 Å². The number of primary amides is 1. The molecule has 0 spiro atoms. The van der Waals surface area contributed by atoms with Gasteiger partial charge in [0.15, 0.2) is 0 Å². The third-order valence-corrected chi connectivity index (χ3v) is 6.01. The number of nitrogens with two attached hydrogens (primary N) is 1. The van der Waals surface area contributed by atoms with Gasteiger partial charge in [-0.3, -0.25) is 14.5 Å². The normalized spacial score (nSPS) is 16.0. The Morgan fingerprint density at radius 2 is 1.86 bits per heavy atom. The van der Waals surface area contributed by atoms with Crippen LogP contribution in [0, 0.1) is 6.92 Å². The molecule has 5 nitrogen and oxygen atoms in total. The number of amides is 1. The summed E-state index contributed by atoms with van der Waals surface area (Å²) in [5, 5.41) is 4.86. The van der Waals surface area contributed by atoms with Gasteiger partial charge in [0, 0.05) is 28.9 Å². The number of carbonyl (C=O) groups excluding carboxylic acids is 1. The second-order valence-electron chi connectivity index (χ2n) is 7.79. The molecule has 0 aliphatic heterocycles. The van der Waals surface area contributed by atoms with Crippen LogP contribution in [0.1, 0.15) is 53.7 Å². The summed E-state index contributed by atoms with van der Waals surface area (Å²) in [6.45, 7) is 2.58. The Hall–Kier alpha value is -2.95. The number of hydrogen-bond donors (Lipinski definition) is 1. The van der Waals surface area contributed by atoms with E-state index in [1.54, 1.807) is 6.20 Å². The highest BCUT2D eigenvalue weighted by Gasteiger charge is 2.36. The summed E-state index contributed by atoms with van der Waals surface area (Å²) in [6, 6.07) is 14.1. The highest BCUT2D eigenvalue weighted by atomic mass is 16.1. The number of hydrogen-bond acceptors (Lipinski definition) is 3. The second-order valence-corrected chi connectivity index (χ2v) is 7.79. The SMILES string of the molecule is Cc1c(-c2ccccc2)nn(CC2(c3cccnc3)CCCCC2)c1C(N)=O. The van der Waals surface area contributed by atoms with Gasteiger partial charge in [0.05, 0.1) is 12.2 Å². The molecule has 5 heteroatoms. The zero-order chi connectivity index (χ0) is 19.6. The van der Waals surface area contributed by atoms with Gasteiger partial charge in [0.25, 0.3) is 5.91 Å². The first-order valence-electron chi connectivity index (χ1n) is 9.94. The molecule has 2 N–H and O–H groups in total. The molecular formula is C23H26N4O. The van der Waals surface area contributed by atoms with Crippen molar-refractivity contribution in [2.45, 2.75) is 51.0 Å². The van der Waals surface area contributed by atoms with Gasteiger partial charge in [-0.1, -0.05) is 55.7 Å². The van der Waals surface area contributed by atoms with E-state index < -0.39 is 5.91 Å². The highest BCUT2D eigenvalue weighted by Crippen LogP contribution is 2.41. The Balaban J connectivity index is 1.80. The molecule has 1 saturated carbocycles. The summed E-state index contributed by atoms with van der Waals surface area (Å²) in [5.41, 5.74) is 10.1. The Morgan fingerprint density at radius 1 is 1.11 bits per heavy atom. The minimum absolute atomic E-state index is 0.0663. The van der Waals surface area contributed by atoms with Crippen molar-refractivity contribution in [3.8, 4) is 11.3 Å². The van der Waals surface area contributed by atoms with Gasteiger partial charge in [-0.2, -0.15) is 5.10 Å². The maximum atomic E-state index is 12.3. The Kier molecular flexibility index (Phi) is 4.99. The van der Waals surface area contributed by atoms with Crippen LogP contribution in [0.2, 0.25) is 0 Å². The van der Waals surface area contributed by atoms with Crippen molar-refractivity contribution in [3.05, 3.63) is 71.7 Å². The molecular weight excluding hydrogens is 348 g/mol. The molecule has 1 amide bonds. The minimum Gasteiger partial charge on any atom is -0.364 e. The maximum absolute atomic E-state index is 12.3. The average molecular weight is 374 g/mol. The van der Waals surface area contributed by atoms with E-state index in [0.29, 0.717) is 12.2 Å². The standard InChI is InChI=1S/C23H26N4O/c1-17-20(18-9-4-2-5-10-18)26-27(21(17)22(24)28)16-23(12-6-3-7-13-23)19-11-8-14-25-15-19/h2,4-5,8-11,14-15H,3,6-7,12-13,16H2,1H3,(H2,24,28). The van der Waals surface area contributed by atoms with Crippen LogP contribution in [0.3, 0.4) is 0 Å². The van der Waals surface area contributed by atoms with Crippen LogP contribution in [0.25, 0.3) is 11.3 Å². The van der Waals surface area contributed by atoms with E-state index in [2.05, 4.69) is 11.1 Å². The summed E-state index contributed by atoms with van der Waals surface area (Å²) in [7, 11) is 0. The van der Waals surface area contributed by atoms with Crippen LogP contribution in [0.15, 0.2) is 54.9 Å². The van der Waals surface area contributed by atoms with Gasteiger partial charge in [-0.05, 0) is 31.4 Å². The molecule has 2 aromatic heterocycles. The smallest absolute Gasteiger partial charge is 0.267 e. The fraction of sp³-hybridized carbons (Fsp3) is 0.348. The lowest BCUT2D eigenvalue weighted by atomic mass is 9.70. The number of carbonyl (C=O) groups is 1. The lowest BCUT2D eigenvalue weighted by molar-refractivity contribution is 0.0985. The van der Waals surface area contributed by atoms with Crippen molar-refractivity contribution < 1.29 is 4.79 Å². The maximum Gasteiger partial charge on any atom is 0.267 e. The van der Waals surface area contributed by atoms with Crippen LogP contribution in [0.5, 0.6) is 0 Å². The van der Waals surface area contributed by atoms with Gasteiger partial charge in [0.1, 0.15) is 5.69 Å². The van der Waals surface area contributed by atoms with E-state index in [1.807, 2.05) is 54.2 Å². The van der Waals surface area contributed by atoms with E-state index in [1.165, 1.54) is 24.8 Å². The highest BCUT2D eigenvalue weighted by molar-refractivity contribution is 5.94. The zero-order valence-electron chi connectivity index (χ0n) is 16.3. The van der Waals surface area contributed by atoms with Crippen molar-refractivity contribution in [3.63, 3.8) is 0 Å². The predicted molar refractivity (Wildman–Crippen MR) is 110 cm³/mol. The Bertz CT molecular complexity index is 957. The molecule has 1 fully saturated rings. The van der Waals surface area contributed by atoms with Crippen molar-refractivity contribution in [1.29, 1.82) is 0 Å². The predicted octanol–water partition coefficient (Wildman–Crippen LogP) is 4.25.